The Morgan fingerprint density at radius 3 is 3.15 bits per heavy atom. The van der Waals surface area contributed by atoms with Crippen molar-refractivity contribution >= 4 is 6.03 Å². The third-order valence-electron chi connectivity index (χ3n) is 2.15. The van der Waals surface area contributed by atoms with Gasteiger partial charge in [-0.25, -0.2) is 9.78 Å². The fourth-order valence-corrected chi connectivity index (χ4v) is 1.52. The van der Waals surface area contributed by atoms with Crippen LogP contribution < -0.4 is 5.73 Å². The number of urea groups is 1. The monoisotopic (exact) mass is 181 g/mol. The van der Waals surface area contributed by atoms with Gasteiger partial charge < -0.3 is 15.1 Å². The molecule has 2 N–H and O–H groups in total. The fourth-order valence-electron chi connectivity index (χ4n) is 1.52. The average molecular weight is 181 g/mol. The van der Waals surface area contributed by atoms with E-state index in [9.17, 15) is 4.79 Å². The van der Waals surface area contributed by atoms with Crippen LogP contribution in [-0.2, 0) is 13.0 Å². The summed E-state index contributed by atoms with van der Waals surface area (Å²) in [6, 6.07) is -0.397. The first-order chi connectivity index (χ1) is 6.16. The lowest BCUT2D eigenvalue weighted by Crippen LogP contribution is -2.39. The molecule has 2 amide bonds. The number of fused-ring (bicyclic) bond motifs is 1. The largest absolute Gasteiger partial charge is 0.446 e. The lowest BCUT2D eigenvalue weighted by molar-refractivity contribution is 0.199. The second kappa shape index (κ2) is 2.76. The van der Waals surface area contributed by atoms with E-state index in [0.29, 0.717) is 25.4 Å². The Kier molecular flexibility index (Phi) is 1.72. The van der Waals surface area contributed by atoms with Gasteiger partial charge in [0.2, 0.25) is 0 Å². The molecule has 0 unspecified atom stereocenters. The molecule has 0 radical (unpaired) electrons. The Bertz CT molecular complexity index is 345. The molecule has 0 aliphatic carbocycles. The van der Waals surface area contributed by atoms with Crippen LogP contribution >= 0.6 is 0 Å². The van der Waals surface area contributed by atoms with Gasteiger partial charge in [-0.3, -0.25) is 0 Å². The maximum Gasteiger partial charge on any atom is 0.315 e. The van der Waals surface area contributed by atoms with Crippen molar-refractivity contribution in [1.29, 1.82) is 0 Å². The van der Waals surface area contributed by atoms with Crippen molar-refractivity contribution in [3.8, 4) is 0 Å². The third kappa shape index (κ3) is 1.37. The van der Waals surface area contributed by atoms with Gasteiger partial charge in [0, 0.05) is 19.9 Å². The molecule has 1 aliphatic rings. The highest BCUT2D eigenvalue weighted by atomic mass is 16.4. The molecule has 0 atom stereocenters. The summed E-state index contributed by atoms with van der Waals surface area (Å²) < 4.78 is 5.34. The molecule has 0 saturated carbocycles. The van der Waals surface area contributed by atoms with Gasteiger partial charge in [0.1, 0.15) is 11.5 Å². The van der Waals surface area contributed by atoms with E-state index in [0.717, 1.165) is 11.5 Å². The average Bonchev–Trinajstić information content (AvgIpc) is 2.42. The highest BCUT2D eigenvalue weighted by Gasteiger charge is 2.22. The van der Waals surface area contributed by atoms with Crippen LogP contribution in [0.3, 0.4) is 0 Å². The van der Waals surface area contributed by atoms with E-state index in [4.69, 9.17) is 10.2 Å². The Labute approximate surface area is 75.5 Å². The summed E-state index contributed by atoms with van der Waals surface area (Å²) >= 11 is 0. The molecule has 70 valence electrons. The second-order valence-electron chi connectivity index (χ2n) is 3.11. The fraction of sp³-hybridized carbons (Fsp3) is 0.500. The van der Waals surface area contributed by atoms with E-state index >= 15 is 0 Å². The number of nitrogens with two attached hydrogens (primary N) is 1. The Morgan fingerprint density at radius 1 is 1.69 bits per heavy atom. The molecule has 13 heavy (non-hydrogen) atoms. The molecular formula is C8H11N3O2. The summed E-state index contributed by atoms with van der Waals surface area (Å²) in [7, 11) is 0. The van der Waals surface area contributed by atoms with Gasteiger partial charge in [-0.1, -0.05) is 0 Å². The summed E-state index contributed by atoms with van der Waals surface area (Å²) in [4.78, 5) is 16.6. The highest BCUT2D eigenvalue weighted by Crippen LogP contribution is 2.18. The van der Waals surface area contributed by atoms with Crippen molar-refractivity contribution in [1.82, 2.24) is 9.88 Å². The topological polar surface area (TPSA) is 72.4 Å². The minimum atomic E-state index is -0.397. The molecule has 0 aromatic carbocycles. The molecule has 0 spiro atoms. The molecular weight excluding hydrogens is 170 g/mol. The lowest BCUT2D eigenvalue weighted by atomic mass is 10.2. The molecule has 5 nitrogen and oxygen atoms in total. The number of carbonyl (C=O) groups is 1. The Balaban J connectivity index is 2.24. The van der Waals surface area contributed by atoms with Gasteiger partial charge in [-0.05, 0) is 0 Å². The first-order valence-electron chi connectivity index (χ1n) is 4.16. The molecule has 5 heteroatoms. The summed E-state index contributed by atoms with van der Waals surface area (Å²) in [5.41, 5.74) is 6.00. The zero-order chi connectivity index (χ0) is 9.42. The predicted octanol–water partition coefficient (Wildman–Crippen LogP) is 0.420. The zero-order valence-corrected chi connectivity index (χ0v) is 7.41. The van der Waals surface area contributed by atoms with Gasteiger partial charge in [0.05, 0.1) is 6.54 Å². The Hall–Kier alpha value is -1.52. The first-order valence-corrected chi connectivity index (χ1v) is 4.16. The third-order valence-corrected chi connectivity index (χ3v) is 2.15. The summed E-state index contributed by atoms with van der Waals surface area (Å²) in [5, 5.41) is 0. The van der Waals surface area contributed by atoms with Crippen LogP contribution in [0.2, 0.25) is 0 Å². The molecule has 2 heterocycles. The molecule has 0 bridgehead atoms. The zero-order valence-electron chi connectivity index (χ0n) is 7.41. The van der Waals surface area contributed by atoms with Gasteiger partial charge in [0.25, 0.3) is 0 Å². The minimum absolute atomic E-state index is 0.397. The number of aromatic nitrogens is 1. The standard InChI is InChI=1S/C8H11N3O2/c1-5-10-6-4-11(8(9)12)3-2-7(6)13-5/h2-4H2,1H3,(H2,9,12). The summed E-state index contributed by atoms with van der Waals surface area (Å²) in [6.07, 6.45) is 0.707. The lowest BCUT2D eigenvalue weighted by Gasteiger charge is -2.22. The molecule has 1 aliphatic heterocycles. The number of carbonyl (C=O) groups excluding carboxylic acids is 1. The van der Waals surface area contributed by atoms with Crippen LogP contribution in [0.1, 0.15) is 17.3 Å². The van der Waals surface area contributed by atoms with Crippen LogP contribution in [0.4, 0.5) is 4.79 Å². The smallest absolute Gasteiger partial charge is 0.315 e. The number of aryl methyl sites for hydroxylation is 1. The highest BCUT2D eigenvalue weighted by molar-refractivity contribution is 5.72. The molecule has 0 saturated heterocycles. The molecule has 1 aromatic heterocycles. The van der Waals surface area contributed by atoms with Crippen molar-refractivity contribution in [2.24, 2.45) is 5.73 Å². The van der Waals surface area contributed by atoms with E-state index < -0.39 is 6.03 Å². The molecule has 0 fully saturated rings. The van der Waals surface area contributed by atoms with Crippen LogP contribution in [0.15, 0.2) is 4.42 Å². The number of oxazole rings is 1. The van der Waals surface area contributed by atoms with Crippen molar-refractivity contribution < 1.29 is 9.21 Å². The maximum absolute atomic E-state index is 10.9. The number of rotatable bonds is 0. The quantitative estimate of drug-likeness (QED) is 0.630. The van der Waals surface area contributed by atoms with Crippen LogP contribution in [0.25, 0.3) is 0 Å². The first kappa shape index (κ1) is 8.10. The number of primary amides is 1. The van der Waals surface area contributed by atoms with E-state index in [-0.39, 0.29) is 0 Å². The van der Waals surface area contributed by atoms with Crippen molar-refractivity contribution in [2.45, 2.75) is 19.9 Å². The predicted molar refractivity (Wildman–Crippen MR) is 44.9 cm³/mol. The van der Waals surface area contributed by atoms with Gasteiger partial charge >= 0.3 is 6.03 Å². The number of amides is 2. The second-order valence-corrected chi connectivity index (χ2v) is 3.11. The molecule has 1 aromatic rings. The normalized spacial score (nSPS) is 15.6. The molecule has 2 rings (SSSR count). The number of hydrogen-bond acceptors (Lipinski definition) is 3. The van der Waals surface area contributed by atoms with Crippen molar-refractivity contribution in [2.75, 3.05) is 6.54 Å². The maximum atomic E-state index is 10.9. The Morgan fingerprint density at radius 2 is 2.46 bits per heavy atom. The van der Waals surface area contributed by atoms with Crippen molar-refractivity contribution in [3.63, 3.8) is 0 Å². The minimum Gasteiger partial charge on any atom is -0.446 e. The van der Waals surface area contributed by atoms with E-state index in [1.165, 1.54) is 0 Å². The summed E-state index contributed by atoms with van der Waals surface area (Å²) in [5.74, 6) is 1.53. The van der Waals surface area contributed by atoms with E-state index in [1.54, 1.807) is 11.8 Å². The van der Waals surface area contributed by atoms with E-state index in [2.05, 4.69) is 4.98 Å². The van der Waals surface area contributed by atoms with Crippen molar-refractivity contribution in [3.05, 3.63) is 17.3 Å². The van der Waals surface area contributed by atoms with Crippen LogP contribution in [0.5, 0.6) is 0 Å². The van der Waals surface area contributed by atoms with E-state index in [1.807, 2.05) is 0 Å². The van der Waals surface area contributed by atoms with Crippen LogP contribution in [0, 0.1) is 6.92 Å². The number of hydrogen-bond donors (Lipinski definition) is 1. The summed E-state index contributed by atoms with van der Waals surface area (Å²) in [6.45, 7) is 2.89. The SMILES string of the molecule is Cc1nc2c(o1)CCN(C(N)=O)C2. The number of nitrogens with zero attached hydrogens (tertiary/aromatic N) is 2. The van der Waals surface area contributed by atoms with Gasteiger partial charge in [-0.15, -0.1) is 0 Å². The van der Waals surface area contributed by atoms with Gasteiger partial charge in [0.15, 0.2) is 5.89 Å². The van der Waals surface area contributed by atoms with Crippen LogP contribution in [-0.4, -0.2) is 22.5 Å². The van der Waals surface area contributed by atoms with Gasteiger partial charge in [-0.2, -0.15) is 0 Å².